The van der Waals surface area contributed by atoms with Crippen LogP contribution in [-0.2, 0) is 0 Å². The second-order valence-electron chi connectivity index (χ2n) is 6.70. The molecular weight excluding hydrogens is 252 g/mol. The van der Waals surface area contributed by atoms with E-state index in [0.29, 0.717) is 19.1 Å². The Morgan fingerprint density at radius 2 is 1.80 bits per heavy atom. The molecule has 0 bridgehead atoms. The van der Waals surface area contributed by atoms with Crippen LogP contribution in [0.2, 0.25) is 0 Å². The van der Waals surface area contributed by atoms with Crippen molar-refractivity contribution in [2.45, 2.75) is 45.6 Å². The number of hydrogen-bond acceptors (Lipinski definition) is 3. The first-order valence-electron chi connectivity index (χ1n) is 7.66. The number of aliphatic hydroxyl groups excluding tert-OH is 1. The zero-order valence-electron chi connectivity index (χ0n) is 12.4. The van der Waals surface area contributed by atoms with Crippen LogP contribution >= 0.6 is 0 Å². The third-order valence-corrected chi connectivity index (χ3v) is 4.74. The van der Waals surface area contributed by atoms with E-state index in [-0.39, 0.29) is 5.41 Å². The predicted octanol–water partition coefficient (Wildman–Crippen LogP) is 3.71. The average Bonchev–Trinajstić information content (AvgIpc) is 2.81. The second kappa shape index (κ2) is 5.28. The Balaban J connectivity index is 1.85. The maximum absolute atomic E-state index is 10.7. The molecule has 2 atom stereocenters. The number of ether oxygens (including phenoxy) is 2. The predicted molar refractivity (Wildman–Crippen MR) is 78.1 cm³/mol. The van der Waals surface area contributed by atoms with Crippen molar-refractivity contribution >= 4 is 0 Å². The van der Waals surface area contributed by atoms with E-state index in [1.807, 2.05) is 18.2 Å². The molecule has 0 saturated heterocycles. The first kappa shape index (κ1) is 13.7. The van der Waals surface area contributed by atoms with Gasteiger partial charge in [0.05, 0.1) is 19.3 Å². The van der Waals surface area contributed by atoms with Crippen molar-refractivity contribution in [1.29, 1.82) is 0 Å². The molecule has 0 aromatic heterocycles. The maximum atomic E-state index is 10.7. The molecule has 1 saturated carbocycles. The van der Waals surface area contributed by atoms with E-state index in [0.717, 1.165) is 29.9 Å². The zero-order chi connectivity index (χ0) is 14.2. The molecule has 0 spiro atoms. The Kier molecular flexibility index (Phi) is 3.63. The number of fused-ring (bicyclic) bond motifs is 1. The molecule has 1 aromatic rings. The molecule has 2 aliphatic rings. The van der Waals surface area contributed by atoms with E-state index in [1.54, 1.807) is 0 Å². The zero-order valence-corrected chi connectivity index (χ0v) is 12.4. The van der Waals surface area contributed by atoms with Crippen LogP contribution in [0.5, 0.6) is 11.5 Å². The van der Waals surface area contributed by atoms with E-state index in [4.69, 9.17) is 9.47 Å². The summed E-state index contributed by atoms with van der Waals surface area (Å²) in [4.78, 5) is 0. The van der Waals surface area contributed by atoms with E-state index >= 15 is 0 Å². The van der Waals surface area contributed by atoms with Gasteiger partial charge in [-0.2, -0.15) is 0 Å². The van der Waals surface area contributed by atoms with Gasteiger partial charge < -0.3 is 14.6 Å². The van der Waals surface area contributed by atoms with Gasteiger partial charge in [-0.05, 0) is 36.0 Å². The lowest BCUT2D eigenvalue weighted by Crippen LogP contribution is -2.22. The largest absolute Gasteiger partial charge is 0.489 e. The lowest BCUT2D eigenvalue weighted by molar-refractivity contribution is 0.0406. The van der Waals surface area contributed by atoms with Gasteiger partial charge in [0, 0.05) is 5.92 Å². The third kappa shape index (κ3) is 2.51. The molecule has 3 rings (SSSR count). The van der Waals surface area contributed by atoms with Crippen LogP contribution in [0.3, 0.4) is 0 Å². The summed E-state index contributed by atoms with van der Waals surface area (Å²) in [5.41, 5.74) is 0.957. The molecule has 3 nitrogen and oxygen atoms in total. The smallest absolute Gasteiger partial charge is 0.161 e. The van der Waals surface area contributed by atoms with Crippen LogP contribution in [-0.4, -0.2) is 18.3 Å². The van der Waals surface area contributed by atoms with Crippen LogP contribution in [0, 0.1) is 11.3 Å². The first-order chi connectivity index (χ1) is 9.58. The Morgan fingerprint density at radius 3 is 2.50 bits per heavy atom. The van der Waals surface area contributed by atoms with Gasteiger partial charge in [-0.3, -0.25) is 0 Å². The van der Waals surface area contributed by atoms with Crippen molar-refractivity contribution in [1.82, 2.24) is 0 Å². The summed E-state index contributed by atoms with van der Waals surface area (Å²) < 4.78 is 11.6. The fourth-order valence-corrected chi connectivity index (χ4v) is 3.30. The van der Waals surface area contributed by atoms with Gasteiger partial charge in [-0.15, -0.1) is 0 Å². The topological polar surface area (TPSA) is 38.7 Å². The highest BCUT2D eigenvalue weighted by Gasteiger charge is 2.37. The molecule has 20 heavy (non-hydrogen) atoms. The van der Waals surface area contributed by atoms with Crippen molar-refractivity contribution < 1.29 is 14.6 Å². The van der Waals surface area contributed by atoms with Gasteiger partial charge in [0.1, 0.15) is 0 Å². The van der Waals surface area contributed by atoms with Crippen molar-refractivity contribution in [2.75, 3.05) is 13.2 Å². The van der Waals surface area contributed by atoms with Crippen molar-refractivity contribution in [3.8, 4) is 11.5 Å². The van der Waals surface area contributed by atoms with E-state index in [1.165, 1.54) is 12.8 Å². The number of hydrogen-bond donors (Lipinski definition) is 1. The van der Waals surface area contributed by atoms with Crippen LogP contribution in [0.15, 0.2) is 18.2 Å². The normalized spacial score (nSPS) is 26.1. The van der Waals surface area contributed by atoms with Gasteiger partial charge in [0.15, 0.2) is 11.5 Å². The number of benzene rings is 1. The molecule has 1 heterocycles. The highest BCUT2D eigenvalue weighted by atomic mass is 16.5. The summed E-state index contributed by atoms with van der Waals surface area (Å²) in [5, 5.41) is 10.7. The van der Waals surface area contributed by atoms with E-state index in [9.17, 15) is 5.11 Å². The Bertz CT molecular complexity index is 477. The number of rotatable bonds is 2. The molecule has 1 aromatic carbocycles. The summed E-state index contributed by atoms with van der Waals surface area (Å²) in [7, 11) is 0. The van der Waals surface area contributed by atoms with Gasteiger partial charge >= 0.3 is 0 Å². The van der Waals surface area contributed by atoms with Crippen molar-refractivity contribution in [2.24, 2.45) is 11.3 Å². The standard InChI is InChI=1S/C17H24O3/c1-12-10-19-14-6-5-13(9-15(14)20-11-12)16(18)17(2)7-3-4-8-17/h5-6,9,12,16,18H,3-4,7-8,10-11H2,1-2H3. The molecule has 3 heteroatoms. The Hall–Kier alpha value is -1.22. The summed E-state index contributed by atoms with van der Waals surface area (Å²) >= 11 is 0. The highest BCUT2D eigenvalue weighted by molar-refractivity contribution is 5.44. The average molecular weight is 276 g/mol. The minimum Gasteiger partial charge on any atom is -0.489 e. The van der Waals surface area contributed by atoms with E-state index in [2.05, 4.69) is 13.8 Å². The Labute approximate surface area is 120 Å². The quantitative estimate of drug-likeness (QED) is 0.895. The fourth-order valence-electron chi connectivity index (χ4n) is 3.30. The van der Waals surface area contributed by atoms with Gasteiger partial charge in [0.2, 0.25) is 0 Å². The van der Waals surface area contributed by atoms with Crippen LogP contribution < -0.4 is 9.47 Å². The SMILES string of the molecule is CC1COc2ccc(C(O)C3(C)CCCC3)cc2OC1. The van der Waals surface area contributed by atoms with Crippen LogP contribution in [0.1, 0.15) is 51.2 Å². The fraction of sp³-hybridized carbons (Fsp3) is 0.647. The van der Waals surface area contributed by atoms with Gasteiger partial charge in [-0.25, -0.2) is 0 Å². The minimum absolute atomic E-state index is 0.00706. The molecular formula is C17H24O3. The molecule has 1 fully saturated rings. The molecule has 0 radical (unpaired) electrons. The third-order valence-electron chi connectivity index (χ3n) is 4.74. The first-order valence-corrected chi connectivity index (χ1v) is 7.66. The summed E-state index contributed by atoms with van der Waals surface area (Å²) in [6.45, 7) is 5.66. The molecule has 1 N–H and O–H groups in total. The monoisotopic (exact) mass is 276 g/mol. The minimum atomic E-state index is -0.417. The lowest BCUT2D eigenvalue weighted by atomic mass is 9.79. The van der Waals surface area contributed by atoms with Gasteiger partial charge in [-0.1, -0.05) is 32.8 Å². The summed E-state index contributed by atoms with van der Waals surface area (Å²) in [6.07, 6.45) is 4.21. The summed E-state index contributed by atoms with van der Waals surface area (Å²) in [6, 6.07) is 5.87. The molecule has 110 valence electrons. The number of aliphatic hydroxyl groups is 1. The van der Waals surface area contributed by atoms with Crippen molar-refractivity contribution in [3.63, 3.8) is 0 Å². The second-order valence-corrected chi connectivity index (χ2v) is 6.70. The van der Waals surface area contributed by atoms with Crippen molar-refractivity contribution in [3.05, 3.63) is 23.8 Å². The Morgan fingerprint density at radius 1 is 1.15 bits per heavy atom. The lowest BCUT2D eigenvalue weighted by Gasteiger charge is -2.30. The molecule has 0 amide bonds. The van der Waals surface area contributed by atoms with Gasteiger partial charge in [0.25, 0.3) is 0 Å². The van der Waals surface area contributed by atoms with E-state index < -0.39 is 6.10 Å². The molecule has 2 unspecified atom stereocenters. The molecule has 1 aliphatic heterocycles. The van der Waals surface area contributed by atoms with Crippen LogP contribution in [0.25, 0.3) is 0 Å². The van der Waals surface area contributed by atoms with Crippen LogP contribution in [0.4, 0.5) is 0 Å². The summed E-state index contributed by atoms with van der Waals surface area (Å²) in [5.74, 6) is 1.96. The molecule has 1 aliphatic carbocycles. The highest BCUT2D eigenvalue weighted by Crippen LogP contribution is 2.48. The maximum Gasteiger partial charge on any atom is 0.161 e.